The zero-order valence-corrected chi connectivity index (χ0v) is 18.4. The van der Waals surface area contributed by atoms with Crippen LogP contribution in [0.2, 0.25) is 0 Å². The lowest BCUT2D eigenvalue weighted by molar-refractivity contribution is 0.0488. The summed E-state index contributed by atoms with van der Waals surface area (Å²) in [6.07, 6.45) is 16.6. The van der Waals surface area contributed by atoms with Gasteiger partial charge in [-0.05, 0) is 25.5 Å². The smallest absolute Gasteiger partial charge is 0.356 e. The second kappa shape index (κ2) is 17.0. The third-order valence-electron chi connectivity index (χ3n) is 4.92. The molecule has 0 fully saturated rings. The van der Waals surface area contributed by atoms with Gasteiger partial charge < -0.3 is 9.47 Å². The Morgan fingerprint density at radius 1 is 0.690 bits per heavy atom. The van der Waals surface area contributed by atoms with Crippen LogP contribution < -0.4 is 0 Å². The third-order valence-corrected chi connectivity index (χ3v) is 4.92. The number of ether oxygens (including phenoxy) is 2. The van der Waals surface area contributed by atoms with E-state index in [0.29, 0.717) is 6.61 Å². The number of pyridine rings is 1. The molecule has 1 aromatic rings. The van der Waals surface area contributed by atoms with E-state index in [4.69, 9.17) is 9.47 Å². The number of aromatic nitrogens is 1. The maximum atomic E-state index is 12.1. The number of hydrogen-bond donors (Lipinski definition) is 0. The molecular weight excluding hydrogens is 366 g/mol. The molecule has 0 aromatic carbocycles. The summed E-state index contributed by atoms with van der Waals surface area (Å²) in [5.74, 6) is -1.02. The third kappa shape index (κ3) is 12.3. The van der Waals surface area contributed by atoms with Gasteiger partial charge >= 0.3 is 11.9 Å². The first kappa shape index (κ1) is 25.1. The van der Waals surface area contributed by atoms with E-state index >= 15 is 0 Å². The molecule has 164 valence electrons. The standard InChI is InChI=1S/C24H39NO4/c1-3-5-6-7-8-9-10-11-12-13-14-15-16-20-29-24(27)22-19-17-18-21(25-22)23(26)28-4-2/h17-19H,3-16,20H2,1-2H3. The van der Waals surface area contributed by atoms with Crippen LogP contribution in [-0.2, 0) is 9.47 Å². The van der Waals surface area contributed by atoms with E-state index in [-0.39, 0.29) is 18.0 Å². The monoisotopic (exact) mass is 405 g/mol. The van der Waals surface area contributed by atoms with Crippen LogP contribution in [0.15, 0.2) is 18.2 Å². The van der Waals surface area contributed by atoms with Crippen molar-refractivity contribution in [1.82, 2.24) is 4.98 Å². The highest BCUT2D eigenvalue weighted by Gasteiger charge is 2.13. The van der Waals surface area contributed by atoms with Crippen LogP contribution in [0.1, 0.15) is 118 Å². The second-order valence-electron chi connectivity index (χ2n) is 7.51. The zero-order chi connectivity index (χ0) is 21.2. The van der Waals surface area contributed by atoms with Crippen molar-refractivity contribution in [2.75, 3.05) is 13.2 Å². The Kier molecular flexibility index (Phi) is 14.7. The summed E-state index contributed by atoms with van der Waals surface area (Å²) in [7, 11) is 0. The molecule has 0 N–H and O–H groups in total. The van der Waals surface area contributed by atoms with Crippen LogP contribution >= 0.6 is 0 Å². The Morgan fingerprint density at radius 3 is 1.62 bits per heavy atom. The normalized spacial score (nSPS) is 10.7. The molecule has 0 saturated carbocycles. The van der Waals surface area contributed by atoms with Crippen molar-refractivity contribution < 1.29 is 19.1 Å². The summed E-state index contributed by atoms with van der Waals surface area (Å²) in [4.78, 5) is 27.8. The van der Waals surface area contributed by atoms with Crippen molar-refractivity contribution in [2.45, 2.75) is 97.3 Å². The van der Waals surface area contributed by atoms with Crippen molar-refractivity contribution >= 4 is 11.9 Å². The number of rotatable bonds is 17. The zero-order valence-electron chi connectivity index (χ0n) is 18.4. The van der Waals surface area contributed by atoms with Gasteiger partial charge in [0.15, 0.2) is 0 Å². The van der Waals surface area contributed by atoms with Gasteiger partial charge in [0, 0.05) is 0 Å². The SMILES string of the molecule is CCCCCCCCCCCCCCCOC(=O)c1cccc(C(=O)OCC)n1. The maximum absolute atomic E-state index is 12.1. The minimum atomic E-state index is -0.529. The predicted molar refractivity (Wildman–Crippen MR) is 116 cm³/mol. The fourth-order valence-corrected chi connectivity index (χ4v) is 3.23. The van der Waals surface area contributed by atoms with Gasteiger partial charge in [-0.25, -0.2) is 14.6 Å². The molecule has 0 saturated heterocycles. The highest BCUT2D eigenvalue weighted by Crippen LogP contribution is 2.12. The number of hydrogen-bond acceptors (Lipinski definition) is 5. The number of carbonyl (C=O) groups excluding carboxylic acids is 2. The molecule has 5 nitrogen and oxygen atoms in total. The minimum Gasteiger partial charge on any atom is -0.461 e. The summed E-state index contributed by atoms with van der Waals surface area (Å²) < 4.78 is 10.2. The molecule has 1 aromatic heterocycles. The molecule has 0 aliphatic heterocycles. The van der Waals surface area contributed by atoms with E-state index in [1.165, 1.54) is 76.7 Å². The first-order valence-corrected chi connectivity index (χ1v) is 11.5. The van der Waals surface area contributed by atoms with Crippen molar-refractivity contribution in [3.63, 3.8) is 0 Å². The van der Waals surface area contributed by atoms with Crippen LogP contribution in [0.25, 0.3) is 0 Å². The molecule has 0 aliphatic carbocycles. The van der Waals surface area contributed by atoms with Crippen molar-refractivity contribution in [3.05, 3.63) is 29.6 Å². The van der Waals surface area contributed by atoms with Crippen molar-refractivity contribution in [1.29, 1.82) is 0 Å². The fourth-order valence-electron chi connectivity index (χ4n) is 3.23. The summed E-state index contributed by atoms with van der Waals surface area (Å²) in [6.45, 7) is 4.65. The van der Waals surface area contributed by atoms with E-state index in [1.807, 2.05) is 0 Å². The van der Waals surface area contributed by atoms with Crippen molar-refractivity contribution in [3.8, 4) is 0 Å². The quantitative estimate of drug-likeness (QED) is 0.218. The Bertz CT molecular complexity index is 574. The van der Waals surface area contributed by atoms with E-state index < -0.39 is 11.9 Å². The first-order chi connectivity index (χ1) is 14.2. The van der Waals surface area contributed by atoms with Crippen LogP contribution in [0.3, 0.4) is 0 Å². The number of nitrogens with zero attached hydrogens (tertiary/aromatic N) is 1. The summed E-state index contributed by atoms with van der Waals surface area (Å²) in [5.41, 5.74) is 0.271. The molecule has 0 aliphatic rings. The molecule has 0 bridgehead atoms. The van der Waals surface area contributed by atoms with Gasteiger partial charge in [-0.2, -0.15) is 0 Å². The van der Waals surface area contributed by atoms with E-state index in [2.05, 4.69) is 11.9 Å². The Labute approximate surface area is 176 Å². The summed E-state index contributed by atoms with van der Waals surface area (Å²) in [6, 6.07) is 4.69. The van der Waals surface area contributed by atoms with Gasteiger partial charge in [-0.15, -0.1) is 0 Å². The number of unbranched alkanes of at least 4 members (excludes halogenated alkanes) is 12. The molecule has 5 heteroatoms. The van der Waals surface area contributed by atoms with Gasteiger partial charge in [0.25, 0.3) is 0 Å². The molecule has 0 spiro atoms. The topological polar surface area (TPSA) is 65.5 Å². The second-order valence-corrected chi connectivity index (χ2v) is 7.51. The largest absolute Gasteiger partial charge is 0.461 e. The molecular formula is C24H39NO4. The lowest BCUT2D eigenvalue weighted by atomic mass is 10.0. The Hall–Kier alpha value is -1.91. The Morgan fingerprint density at radius 2 is 1.14 bits per heavy atom. The molecule has 29 heavy (non-hydrogen) atoms. The van der Waals surface area contributed by atoms with Gasteiger partial charge in [0.2, 0.25) is 0 Å². The predicted octanol–water partition coefficient (Wildman–Crippen LogP) is 6.51. The van der Waals surface area contributed by atoms with E-state index in [1.54, 1.807) is 19.1 Å². The minimum absolute atomic E-state index is 0.127. The Balaban J connectivity index is 2.02. The molecule has 1 rings (SSSR count). The van der Waals surface area contributed by atoms with Gasteiger partial charge in [-0.3, -0.25) is 0 Å². The average Bonchev–Trinajstić information content (AvgIpc) is 2.74. The van der Waals surface area contributed by atoms with Gasteiger partial charge in [0.1, 0.15) is 11.4 Å². The highest BCUT2D eigenvalue weighted by atomic mass is 16.5. The van der Waals surface area contributed by atoms with E-state index in [0.717, 1.165) is 12.8 Å². The average molecular weight is 406 g/mol. The molecule has 0 amide bonds. The summed E-state index contributed by atoms with van der Waals surface area (Å²) >= 11 is 0. The lowest BCUT2D eigenvalue weighted by Gasteiger charge is -2.06. The molecule has 0 radical (unpaired) electrons. The highest BCUT2D eigenvalue weighted by molar-refractivity contribution is 5.91. The van der Waals surface area contributed by atoms with Gasteiger partial charge in [-0.1, -0.05) is 90.0 Å². The van der Waals surface area contributed by atoms with Crippen LogP contribution in [0.5, 0.6) is 0 Å². The van der Waals surface area contributed by atoms with E-state index in [9.17, 15) is 9.59 Å². The molecule has 0 atom stereocenters. The lowest BCUT2D eigenvalue weighted by Crippen LogP contribution is -2.13. The van der Waals surface area contributed by atoms with Crippen LogP contribution in [-0.4, -0.2) is 30.1 Å². The number of esters is 2. The van der Waals surface area contributed by atoms with Gasteiger partial charge in [0.05, 0.1) is 13.2 Å². The number of carbonyl (C=O) groups is 2. The molecule has 0 unspecified atom stereocenters. The van der Waals surface area contributed by atoms with Crippen LogP contribution in [0.4, 0.5) is 0 Å². The maximum Gasteiger partial charge on any atom is 0.356 e. The first-order valence-electron chi connectivity index (χ1n) is 11.5. The van der Waals surface area contributed by atoms with Crippen molar-refractivity contribution in [2.24, 2.45) is 0 Å². The van der Waals surface area contributed by atoms with Crippen LogP contribution in [0, 0.1) is 0 Å². The fraction of sp³-hybridized carbons (Fsp3) is 0.708. The summed E-state index contributed by atoms with van der Waals surface area (Å²) in [5, 5.41) is 0. The molecule has 1 heterocycles.